The van der Waals surface area contributed by atoms with Crippen LogP contribution in [0.4, 0.5) is 4.39 Å². The third-order valence-electron chi connectivity index (χ3n) is 2.66. The van der Waals surface area contributed by atoms with Crippen LogP contribution in [-0.4, -0.2) is 12.4 Å². The Kier molecular flexibility index (Phi) is 4.32. The second-order valence-corrected chi connectivity index (χ2v) is 5.05. The second-order valence-electron chi connectivity index (χ2n) is 4.13. The molecule has 0 aliphatic carbocycles. The highest BCUT2D eigenvalue weighted by Gasteiger charge is 2.09. The first-order chi connectivity index (χ1) is 9.06. The molecule has 0 aliphatic rings. The number of benzene rings is 2. The maximum Gasteiger partial charge on any atom is 0.200 e. The van der Waals surface area contributed by atoms with Gasteiger partial charge in [0.25, 0.3) is 0 Å². The van der Waals surface area contributed by atoms with Gasteiger partial charge in [0.1, 0.15) is 11.6 Å². The summed E-state index contributed by atoms with van der Waals surface area (Å²) in [7, 11) is 0. The summed E-state index contributed by atoms with van der Waals surface area (Å²) >= 11 is 3.34. The summed E-state index contributed by atoms with van der Waals surface area (Å²) in [6.07, 6.45) is 0. The van der Waals surface area contributed by atoms with E-state index in [1.807, 2.05) is 19.1 Å². The monoisotopic (exact) mass is 322 g/mol. The van der Waals surface area contributed by atoms with E-state index >= 15 is 0 Å². The predicted molar refractivity (Wildman–Crippen MR) is 75.1 cm³/mol. The lowest BCUT2D eigenvalue weighted by Crippen LogP contribution is -2.12. The minimum Gasteiger partial charge on any atom is -0.485 e. The first-order valence-corrected chi connectivity index (χ1v) is 6.53. The lowest BCUT2D eigenvalue weighted by Gasteiger charge is -2.09. The number of halogens is 2. The quantitative estimate of drug-likeness (QED) is 0.790. The van der Waals surface area contributed by atoms with Crippen LogP contribution in [0.25, 0.3) is 0 Å². The number of ether oxygens (including phenoxy) is 1. The summed E-state index contributed by atoms with van der Waals surface area (Å²) in [6, 6.07) is 11.2. The van der Waals surface area contributed by atoms with Gasteiger partial charge in [0.2, 0.25) is 0 Å². The summed E-state index contributed by atoms with van der Waals surface area (Å²) in [5, 5.41) is 0. The molecule has 0 aromatic heterocycles. The molecule has 4 heteroatoms. The molecule has 0 unspecified atom stereocenters. The van der Waals surface area contributed by atoms with Crippen molar-refractivity contribution in [2.75, 3.05) is 6.61 Å². The van der Waals surface area contributed by atoms with Crippen molar-refractivity contribution in [2.45, 2.75) is 6.92 Å². The average molecular weight is 323 g/mol. The van der Waals surface area contributed by atoms with Crippen molar-refractivity contribution < 1.29 is 13.9 Å². The van der Waals surface area contributed by atoms with Crippen molar-refractivity contribution in [3.63, 3.8) is 0 Å². The van der Waals surface area contributed by atoms with Crippen molar-refractivity contribution in [3.05, 3.63) is 63.9 Å². The molecule has 0 bridgehead atoms. The van der Waals surface area contributed by atoms with E-state index in [-0.39, 0.29) is 12.4 Å². The van der Waals surface area contributed by atoms with Gasteiger partial charge in [0.15, 0.2) is 12.4 Å². The number of ketones is 1. The fourth-order valence-electron chi connectivity index (χ4n) is 1.62. The van der Waals surface area contributed by atoms with Crippen molar-refractivity contribution in [1.82, 2.24) is 0 Å². The van der Waals surface area contributed by atoms with Crippen LogP contribution in [0.2, 0.25) is 0 Å². The summed E-state index contributed by atoms with van der Waals surface area (Å²) in [4.78, 5) is 11.9. The average Bonchev–Trinajstić information content (AvgIpc) is 2.39. The van der Waals surface area contributed by atoms with Gasteiger partial charge in [-0.2, -0.15) is 0 Å². The molecule has 0 saturated carbocycles. The Balaban J connectivity index is 2.06. The number of hydrogen-bond acceptors (Lipinski definition) is 2. The highest BCUT2D eigenvalue weighted by atomic mass is 79.9. The summed E-state index contributed by atoms with van der Waals surface area (Å²) in [6.45, 7) is 1.79. The minimum atomic E-state index is -0.426. The van der Waals surface area contributed by atoms with E-state index in [1.54, 1.807) is 12.1 Å². The van der Waals surface area contributed by atoms with Crippen LogP contribution in [0.3, 0.4) is 0 Å². The molecule has 2 rings (SSSR count). The Bertz CT molecular complexity index is 611. The second kappa shape index (κ2) is 5.97. The Morgan fingerprint density at radius 1 is 1.26 bits per heavy atom. The van der Waals surface area contributed by atoms with E-state index in [9.17, 15) is 9.18 Å². The highest BCUT2D eigenvalue weighted by molar-refractivity contribution is 9.10. The third-order valence-corrected chi connectivity index (χ3v) is 3.15. The van der Waals surface area contributed by atoms with Gasteiger partial charge >= 0.3 is 0 Å². The lowest BCUT2D eigenvalue weighted by molar-refractivity contribution is 0.0920. The molecular weight excluding hydrogens is 311 g/mol. The highest BCUT2D eigenvalue weighted by Crippen LogP contribution is 2.23. The van der Waals surface area contributed by atoms with E-state index in [1.165, 1.54) is 18.2 Å². The van der Waals surface area contributed by atoms with E-state index < -0.39 is 5.82 Å². The maximum absolute atomic E-state index is 13.0. The molecule has 0 atom stereocenters. The van der Waals surface area contributed by atoms with E-state index in [0.717, 1.165) is 10.0 Å². The SMILES string of the molecule is Cc1ccc(Br)cc1OCC(=O)c1cccc(F)c1. The smallest absolute Gasteiger partial charge is 0.200 e. The molecule has 2 nitrogen and oxygen atoms in total. The zero-order valence-corrected chi connectivity index (χ0v) is 11.9. The van der Waals surface area contributed by atoms with Crippen LogP contribution >= 0.6 is 15.9 Å². The van der Waals surface area contributed by atoms with Gasteiger partial charge < -0.3 is 4.74 Å². The number of Topliss-reactive ketones (excluding diaryl/α,β-unsaturated/α-hetero) is 1. The van der Waals surface area contributed by atoms with Crippen LogP contribution in [0.1, 0.15) is 15.9 Å². The summed E-state index contributed by atoms with van der Waals surface area (Å²) in [5.41, 5.74) is 1.25. The van der Waals surface area contributed by atoms with E-state index in [2.05, 4.69) is 15.9 Å². The van der Waals surface area contributed by atoms with Crippen LogP contribution in [-0.2, 0) is 0 Å². The molecule has 0 N–H and O–H groups in total. The van der Waals surface area contributed by atoms with Gasteiger partial charge in [-0.1, -0.05) is 34.1 Å². The molecule has 19 heavy (non-hydrogen) atoms. The largest absolute Gasteiger partial charge is 0.485 e. The number of rotatable bonds is 4. The fourth-order valence-corrected chi connectivity index (χ4v) is 1.96. The van der Waals surface area contributed by atoms with Crippen LogP contribution < -0.4 is 4.74 Å². The van der Waals surface area contributed by atoms with Gasteiger partial charge in [-0.15, -0.1) is 0 Å². The lowest BCUT2D eigenvalue weighted by atomic mass is 10.1. The van der Waals surface area contributed by atoms with Crippen molar-refractivity contribution in [1.29, 1.82) is 0 Å². The molecule has 0 heterocycles. The zero-order valence-electron chi connectivity index (χ0n) is 10.3. The summed E-state index contributed by atoms with van der Waals surface area (Å²) < 4.78 is 19.4. The fraction of sp³-hybridized carbons (Fsp3) is 0.133. The Hall–Kier alpha value is -1.68. The van der Waals surface area contributed by atoms with Gasteiger partial charge in [0.05, 0.1) is 0 Å². The Morgan fingerprint density at radius 3 is 2.79 bits per heavy atom. The van der Waals surface area contributed by atoms with Crippen LogP contribution in [0, 0.1) is 12.7 Å². The van der Waals surface area contributed by atoms with Crippen molar-refractivity contribution >= 4 is 21.7 Å². The van der Waals surface area contributed by atoms with Crippen LogP contribution in [0.5, 0.6) is 5.75 Å². The van der Waals surface area contributed by atoms with E-state index in [4.69, 9.17) is 4.74 Å². The van der Waals surface area contributed by atoms with Crippen molar-refractivity contribution in [3.8, 4) is 5.75 Å². The van der Waals surface area contributed by atoms with Gasteiger partial charge in [-0.25, -0.2) is 4.39 Å². The zero-order chi connectivity index (χ0) is 13.8. The summed E-state index contributed by atoms with van der Waals surface area (Å²) in [5.74, 6) is -0.0394. The normalized spacial score (nSPS) is 10.3. The molecule has 0 radical (unpaired) electrons. The molecule has 98 valence electrons. The van der Waals surface area contributed by atoms with Gasteiger partial charge in [-0.05, 0) is 36.8 Å². The predicted octanol–water partition coefficient (Wildman–Crippen LogP) is 4.16. The molecule has 0 saturated heterocycles. The topological polar surface area (TPSA) is 26.3 Å². The number of aryl methyl sites for hydroxylation is 1. The molecular formula is C15H12BrFO2. The molecule has 0 amide bonds. The molecule has 0 fully saturated rings. The Labute approximate surface area is 119 Å². The molecule has 2 aromatic carbocycles. The maximum atomic E-state index is 13.0. The van der Waals surface area contributed by atoms with Gasteiger partial charge in [-0.3, -0.25) is 4.79 Å². The van der Waals surface area contributed by atoms with Crippen molar-refractivity contribution in [2.24, 2.45) is 0 Å². The first-order valence-electron chi connectivity index (χ1n) is 5.74. The number of carbonyl (C=O) groups excluding carboxylic acids is 1. The third kappa shape index (κ3) is 3.64. The number of carbonyl (C=O) groups is 1. The standard InChI is InChI=1S/C15H12BrFO2/c1-10-5-6-12(16)8-15(10)19-9-14(18)11-3-2-4-13(17)7-11/h2-8H,9H2,1H3. The molecule has 0 aliphatic heterocycles. The minimum absolute atomic E-state index is 0.110. The first kappa shape index (κ1) is 13.7. The van der Waals surface area contributed by atoms with E-state index in [0.29, 0.717) is 11.3 Å². The molecule has 2 aromatic rings. The molecule has 0 spiro atoms. The van der Waals surface area contributed by atoms with Crippen LogP contribution in [0.15, 0.2) is 46.9 Å². The Morgan fingerprint density at radius 2 is 2.05 bits per heavy atom. The van der Waals surface area contributed by atoms with Gasteiger partial charge in [0, 0.05) is 10.0 Å². The number of hydrogen-bond donors (Lipinski definition) is 0.